The van der Waals surface area contributed by atoms with Gasteiger partial charge in [-0.25, -0.2) is 0 Å². The van der Waals surface area contributed by atoms with Gasteiger partial charge in [-0.1, -0.05) is 36.4 Å². The molecule has 19 heavy (non-hydrogen) atoms. The summed E-state index contributed by atoms with van der Waals surface area (Å²) in [6, 6.07) is 14.5. The Labute approximate surface area is 123 Å². The van der Waals surface area contributed by atoms with E-state index in [0.29, 0.717) is 0 Å². The summed E-state index contributed by atoms with van der Waals surface area (Å²) < 4.78 is 0. The van der Waals surface area contributed by atoms with E-state index >= 15 is 0 Å². The molecular formula is C15H18N2S2. The second-order valence-electron chi connectivity index (χ2n) is 4.28. The van der Waals surface area contributed by atoms with Crippen LogP contribution in [0.3, 0.4) is 0 Å². The van der Waals surface area contributed by atoms with Crippen LogP contribution in [0.1, 0.15) is 16.9 Å². The molecule has 1 heterocycles. The highest BCUT2D eigenvalue weighted by Crippen LogP contribution is 2.10. The zero-order chi connectivity index (χ0) is 13.3. The Bertz CT molecular complexity index is 480. The van der Waals surface area contributed by atoms with E-state index in [9.17, 15) is 0 Å². The molecule has 0 bridgehead atoms. The quantitative estimate of drug-likeness (QED) is 0.630. The van der Waals surface area contributed by atoms with E-state index in [1.165, 1.54) is 10.4 Å². The van der Waals surface area contributed by atoms with Crippen molar-refractivity contribution in [3.63, 3.8) is 0 Å². The van der Waals surface area contributed by atoms with Gasteiger partial charge in [0.2, 0.25) is 0 Å². The number of hydrogen-bond acceptors (Lipinski definition) is 2. The van der Waals surface area contributed by atoms with Crippen molar-refractivity contribution in [1.29, 1.82) is 0 Å². The Hall–Kier alpha value is -1.39. The summed E-state index contributed by atoms with van der Waals surface area (Å²) in [5.74, 6) is 0. The summed E-state index contributed by atoms with van der Waals surface area (Å²) in [6.45, 7) is 1.69. The molecule has 0 aliphatic rings. The number of thiophene rings is 1. The molecule has 2 N–H and O–H groups in total. The highest BCUT2D eigenvalue weighted by Gasteiger charge is 1.97. The van der Waals surface area contributed by atoms with Gasteiger partial charge in [-0.2, -0.15) is 0 Å². The fraction of sp³-hybridized carbons (Fsp3) is 0.267. The van der Waals surface area contributed by atoms with Crippen molar-refractivity contribution in [2.24, 2.45) is 0 Å². The summed E-state index contributed by atoms with van der Waals surface area (Å²) in [5.41, 5.74) is 1.24. The van der Waals surface area contributed by atoms with Gasteiger partial charge in [0.1, 0.15) is 0 Å². The topological polar surface area (TPSA) is 24.1 Å². The molecule has 4 heteroatoms. The Balaban J connectivity index is 1.57. The smallest absolute Gasteiger partial charge is 0.166 e. The molecule has 0 aliphatic heterocycles. The zero-order valence-electron chi connectivity index (χ0n) is 10.8. The SMILES string of the molecule is S=C(NCCCc1cccs1)NCc1ccccc1. The zero-order valence-corrected chi connectivity index (χ0v) is 12.4. The minimum atomic E-state index is 0.732. The molecule has 0 saturated heterocycles. The summed E-state index contributed by atoms with van der Waals surface area (Å²) in [7, 11) is 0. The van der Waals surface area contributed by atoms with Gasteiger partial charge in [-0.05, 0) is 42.1 Å². The summed E-state index contributed by atoms with van der Waals surface area (Å²) in [5, 5.41) is 9.31. The summed E-state index contributed by atoms with van der Waals surface area (Å²) in [4.78, 5) is 1.44. The Kier molecular flexibility index (Phi) is 5.85. The molecule has 0 amide bonds. The second kappa shape index (κ2) is 7.92. The van der Waals surface area contributed by atoms with E-state index in [0.717, 1.165) is 31.0 Å². The first-order valence-corrected chi connectivity index (χ1v) is 7.71. The lowest BCUT2D eigenvalue weighted by molar-refractivity contribution is 0.759. The van der Waals surface area contributed by atoms with Gasteiger partial charge in [0, 0.05) is 18.0 Å². The number of rotatable bonds is 6. The van der Waals surface area contributed by atoms with Crippen molar-refractivity contribution in [3.8, 4) is 0 Å². The average Bonchev–Trinajstić information content (AvgIpc) is 2.96. The Morgan fingerprint density at radius 2 is 1.89 bits per heavy atom. The number of aryl methyl sites for hydroxylation is 1. The second-order valence-corrected chi connectivity index (χ2v) is 5.72. The lowest BCUT2D eigenvalue weighted by atomic mass is 10.2. The van der Waals surface area contributed by atoms with E-state index in [1.54, 1.807) is 0 Å². The fourth-order valence-electron chi connectivity index (χ4n) is 1.76. The molecule has 2 aromatic rings. The van der Waals surface area contributed by atoms with Gasteiger partial charge in [0.25, 0.3) is 0 Å². The van der Waals surface area contributed by atoms with E-state index in [2.05, 4.69) is 40.3 Å². The van der Waals surface area contributed by atoms with Crippen LogP contribution in [0.15, 0.2) is 47.8 Å². The van der Waals surface area contributed by atoms with E-state index in [4.69, 9.17) is 12.2 Å². The molecule has 2 nitrogen and oxygen atoms in total. The van der Waals surface area contributed by atoms with Crippen molar-refractivity contribution < 1.29 is 0 Å². The van der Waals surface area contributed by atoms with Gasteiger partial charge in [0.05, 0.1) is 0 Å². The van der Waals surface area contributed by atoms with Crippen molar-refractivity contribution in [2.75, 3.05) is 6.54 Å². The van der Waals surface area contributed by atoms with E-state index < -0.39 is 0 Å². The number of hydrogen-bond donors (Lipinski definition) is 2. The third-order valence-corrected chi connectivity index (χ3v) is 3.99. The van der Waals surface area contributed by atoms with Crippen LogP contribution in [0, 0.1) is 0 Å². The first kappa shape index (κ1) is 14.0. The van der Waals surface area contributed by atoms with Crippen molar-refractivity contribution in [2.45, 2.75) is 19.4 Å². The maximum Gasteiger partial charge on any atom is 0.166 e. The normalized spacial score (nSPS) is 10.1. The van der Waals surface area contributed by atoms with Crippen LogP contribution < -0.4 is 10.6 Å². The monoisotopic (exact) mass is 290 g/mol. The molecular weight excluding hydrogens is 272 g/mol. The van der Waals surface area contributed by atoms with Crippen LogP contribution in [0.25, 0.3) is 0 Å². The highest BCUT2D eigenvalue weighted by molar-refractivity contribution is 7.80. The van der Waals surface area contributed by atoms with Crippen LogP contribution in [-0.4, -0.2) is 11.7 Å². The molecule has 0 atom stereocenters. The maximum atomic E-state index is 5.25. The van der Waals surface area contributed by atoms with Crippen molar-refractivity contribution in [1.82, 2.24) is 10.6 Å². The maximum absolute atomic E-state index is 5.25. The Morgan fingerprint density at radius 3 is 2.63 bits per heavy atom. The number of benzene rings is 1. The highest BCUT2D eigenvalue weighted by atomic mass is 32.1. The predicted molar refractivity (Wildman–Crippen MR) is 86.5 cm³/mol. The van der Waals surface area contributed by atoms with Crippen molar-refractivity contribution >= 4 is 28.7 Å². The molecule has 1 aromatic carbocycles. The first-order valence-electron chi connectivity index (χ1n) is 6.42. The third kappa shape index (κ3) is 5.41. The number of nitrogens with one attached hydrogen (secondary N) is 2. The standard InChI is InChI=1S/C15H18N2S2/c18-15(17-12-13-6-2-1-3-7-13)16-10-4-8-14-9-5-11-19-14/h1-3,5-7,9,11H,4,8,10,12H2,(H2,16,17,18). The lowest BCUT2D eigenvalue weighted by Gasteiger charge is -2.10. The molecule has 2 rings (SSSR count). The van der Waals surface area contributed by atoms with Crippen molar-refractivity contribution in [3.05, 3.63) is 58.3 Å². The molecule has 1 aromatic heterocycles. The molecule has 0 radical (unpaired) electrons. The van der Waals surface area contributed by atoms with Gasteiger partial charge in [0.15, 0.2) is 5.11 Å². The molecule has 0 unspecified atom stereocenters. The summed E-state index contributed by atoms with van der Waals surface area (Å²) >= 11 is 7.06. The van der Waals surface area contributed by atoms with Gasteiger partial charge in [-0.3, -0.25) is 0 Å². The molecule has 0 aliphatic carbocycles. The minimum absolute atomic E-state index is 0.732. The van der Waals surface area contributed by atoms with Gasteiger partial charge < -0.3 is 10.6 Å². The van der Waals surface area contributed by atoms with E-state index in [-0.39, 0.29) is 0 Å². The average molecular weight is 290 g/mol. The van der Waals surface area contributed by atoms with E-state index in [1.807, 2.05) is 29.5 Å². The van der Waals surface area contributed by atoms with Crippen LogP contribution in [-0.2, 0) is 13.0 Å². The van der Waals surface area contributed by atoms with Crippen LogP contribution in [0.2, 0.25) is 0 Å². The van der Waals surface area contributed by atoms with Gasteiger partial charge >= 0.3 is 0 Å². The van der Waals surface area contributed by atoms with Crippen LogP contribution in [0.5, 0.6) is 0 Å². The molecule has 0 saturated carbocycles. The predicted octanol–water partition coefficient (Wildman–Crippen LogP) is 3.35. The number of thiocarbonyl (C=S) groups is 1. The lowest BCUT2D eigenvalue weighted by Crippen LogP contribution is -2.35. The Morgan fingerprint density at radius 1 is 1.05 bits per heavy atom. The largest absolute Gasteiger partial charge is 0.363 e. The summed E-state index contributed by atoms with van der Waals surface area (Å²) in [6.07, 6.45) is 2.22. The first-order chi connectivity index (χ1) is 9.34. The van der Waals surface area contributed by atoms with Gasteiger partial charge in [-0.15, -0.1) is 11.3 Å². The molecule has 0 spiro atoms. The van der Waals surface area contributed by atoms with Crippen LogP contribution >= 0.6 is 23.6 Å². The molecule has 100 valence electrons. The fourth-order valence-corrected chi connectivity index (χ4v) is 2.69. The van der Waals surface area contributed by atoms with Crippen LogP contribution in [0.4, 0.5) is 0 Å². The molecule has 0 fully saturated rings. The minimum Gasteiger partial charge on any atom is -0.363 e. The third-order valence-electron chi connectivity index (χ3n) is 2.76.